The molecule has 0 aliphatic carbocycles. The van der Waals surface area contributed by atoms with E-state index in [2.05, 4.69) is 44.0 Å². The van der Waals surface area contributed by atoms with Gasteiger partial charge in [0.2, 0.25) is 0 Å². The largest absolute Gasteiger partial charge is 0.266 e. The fourth-order valence-corrected chi connectivity index (χ4v) is 2.53. The number of unbranched alkanes of at least 4 members (excludes halogenated alkanes) is 5. The third-order valence-electron chi connectivity index (χ3n) is 3.72. The quantitative estimate of drug-likeness (QED) is 0.214. The van der Waals surface area contributed by atoms with Gasteiger partial charge in [-0.1, -0.05) is 70.9 Å². The Labute approximate surface area is 127 Å². The Morgan fingerprint density at radius 1 is 0.900 bits per heavy atom. The van der Waals surface area contributed by atoms with E-state index in [4.69, 9.17) is 0 Å². The van der Waals surface area contributed by atoms with Crippen molar-refractivity contribution in [2.45, 2.75) is 85.5 Å². The van der Waals surface area contributed by atoms with E-state index in [0.717, 1.165) is 0 Å². The van der Waals surface area contributed by atoms with E-state index in [1.54, 1.807) is 0 Å². The van der Waals surface area contributed by atoms with Crippen LogP contribution in [0.4, 0.5) is 0 Å². The van der Waals surface area contributed by atoms with Crippen molar-refractivity contribution >= 4 is 6.21 Å². The first-order valence-corrected chi connectivity index (χ1v) is 8.61. The second kappa shape index (κ2) is 14.6. The van der Waals surface area contributed by atoms with Crippen LogP contribution in [0.1, 0.15) is 85.5 Å². The van der Waals surface area contributed by atoms with Crippen molar-refractivity contribution in [3.05, 3.63) is 23.9 Å². The number of allylic oxidation sites excluding steroid dienone is 4. The maximum atomic E-state index is 4.62. The number of hydrogen-bond acceptors (Lipinski definition) is 1. The normalized spacial score (nSPS) is 14.5. The molecule has 0 bridgehead atoms. The molecule has 20 heavy (non-hydrogen) atoms. The van der Waals surface area contributed by atoms with Crippen LogP contribution in [0, 0.1) is 5.92 Å². The first kappa shape index (κ1) is 19.1. The van der Waals surface area contributed by atoms with Crippen LogP contribution >= 0.6 is 0 Å². The van der Waals surface area contributed by atoms with Crippen LogP contribution in [0.3, 0.4) is 0 Å². The Hall–Kier alpha value is -0.850. The van der Waals surface area contributed by atoms with Gasteiger partial charge in [0.1, 0.15) is 0 Å². The SMILES string of the molecule is C\C=C/C=C(\N=C/C)C(CCCCC)CCCCCC. The van der Waals surface area contributed by atoms with Crippen molar-refractivity contribution in [2.24, 2.45) is 10.9 Å². The van der Waals surface area contributed by atoms with Crippen molar-refractivity contribution in [1.82, 2.24) is 0 Å². The van der Waals surface area contributed by atoms with E-state index in [-0.39, 0.29) is 0 Å². The van der Waals surface area contributed by atoms with E-state index in [0.29, 0.717) is 5.92 Å². The zero-order valence-corrected chi connectivity index (χ0v) is 14.2. The molecule has 0 heterocycles. The van der Waals surface area contributed by atoms with Gasteiger partial charge in [0.25, 0.3) is 0 Å². The number of aliphatic imine (C=N–C) groups is 1. The molecule has 1 nitrogen and oxygen atoms in total. The van der Waals surface area contributed by atoms with Crippen LogP contribution in [0.15, 0.2) is 28.9 Å². The van der Waals surface area contributed by atoms with E-state index in [1.165, 1.54) is 63.5 Å². The summed E-state index contributed by atoms with van der Waals surface area (Å²) >= 11 is 0. The molecular weight excluding hydrogens is 242 g/mol. The topological polar surface area (TPSA) is 12.4 Å². The second-order valence-corrected chi connectivity index (χ2v) is 5.55. The average molecular weight is 277 g/mol. The minimum atomic E-state index is 0.644. The first-order chi connectivity index (χ1) is 9.79. The summed E-state index contributed by atoms with van der Waals surface area (Å²) in [6.07, 6.45) is 20.3. The fraction of sp³-hybridized carbons (Fsp3) is 0.737. The Kier molecular flexibility index (Phi) is 13.9. The summed E-state index contributed by atoms with van der Waals surface area (Å²) in [5, 5.41) is 0. The van der Waals surface area contributed by atoms with Crippen molar-refractivity contribution in [3.63, 3.8) is 0 Å². The highest BCUT2D eigenvalue weighted by atomic mass is 14.7. The zero-order chi connectivity index (χ0) is 15.1. The lowest BCUT2D eigenvalue weighted by Crippen LogP contribution is -2.04. The van der Waals surface area contributed by atoms with Crippen LogP contribution in [0.25, 0.3) is 0 Å². The second-order valence-electron chi connectivity index (χ2n) is 5.55. The monoisotopic (exact) mass is 277 g/mol. The summed E-state index contributed by atoms with van der Waals surface area (Å²) in [7, 11) is 0. The van der Waals surface area contributed by atoms with Gasteiger partial charge in [-0.3, -0.25) is 4.99 Å². The van der Waals surface area contributed by atoms with Crippen LogP contribution in [-0.4, -0.2) is 6.21 Å². The van der Waals surface area contributed by atoms with Gasteiger partial charge in [0.15, 0.2) is 0 Å². The molecule has 0 radical (unpaired) electrons. The van der Waals surface area contributed by atoms with Crippen molar-refractivity contribution in [3.8, 4) is 0 Å². The standard InChI is InChI=1S/C19H35N/c1-5-9-12-14-16-18(15-13-10-6-2)19(20-8-4)17-11-7-3/h7-8,11,17-18H,5-6,9-10,12-16H2,1-4H3/b11-7-,19-17-,20-8-. The molecule has 0 aliphatic rings. The van der Waals surface area contributed by atoms with Crippen molar-refractivity contribution in [2.75, 3.05) is 0 Å². The van der Waals surface area contributed by atoms with Gasteiger partial charge in [-0.05, 0) is 32.8 Å². The highest BCUT2D eigenvalue weighted by Crippen LogP contribution is 2.26. The lowest BCUT2D eigenvalue weighted by Gasteiger charge is -2.17. The molecular formula is C19H35N. The number of nitrogens with zero attached hydrogens (tertiary/aromatic N) is 1. The molecule has 0 aliphatic heterocycles. The van der Waals surface area contributed by atoms with Gasteiger partial charge in [-0.15, -0.1) is 0 Å². The van der Waals surface area contributed by atoms with Gasteiger partial charge >= 0.3 is 0 Å². The third kappa shape index (κ3) is 10.00. The maximum Gasteiger partial charge on any atom is 0.0430 e. The van der Waals surface area contributed by atoms with Gasteiger partial charge in [0, 0.05) is 17.8 Å². The van der Waals surface area contributed by atoms with E-state index < -0.39 is 0 Å². The van der Waals surface area contributed by atoms with E-state index in [1.807, 2.05) is 13.1 Å². The highest BCUT2D eigenvalue weighted by molar-refractivity contribution is 5.55. The molecule has 0 saturated heterocycles. The van der Waals surface area contributed by atoms with Crippen LogP contribution in [-0.2, 0) is 0 Å². The molecule has 0 aromatic heterocycles. The summed E-state index contributed by atoms with van der Waals surface area (Å²) < 4.78 is 0. The molecule has 1 atom stereocenters. The van der Waals surface area contributed by atoms with E-state index >= 15 is 0 Å². The molecule has 1 heteroatoms. The molecule has 0 amide bonds. The number of rotatable bonds is 12. The minimum absolute atomic E-state index is 0.644. The molecule has 0 spiro atoms. The summed E-state index contributed by atoms with van der Waals surface area (Å²) in [5.41, 5.74) is 1.28. The Bertz CT molecular complexity index is 286. The summed E-state index contributed by atoms with van der Waals surface area (Å²) in [6.45, 7) is 8.63. The molecule has 0 fully saturated rings. The lowest BCUT2D eigenvalue weighted by molar-refractivity contribution is 0.456. The van der Waals surface area contributed by atoms with Crippen LogP contribution in [0.2, 0.25) is 0 Å². The zero-order valence-electron chi connectivity index (χ0n) is 14.2. The third-order valence-corrected chi connectivity index (χ3v) is 3.72. The number of hydrogen-bond donors (Lipinski definition) is 0. The van der Waals surface area contributed by atoms with Crippen molar-refractivity contribution < 1.29 is 0 Å². The molecule has 0 aromatic carbocycles. The average Bonchev–Trinajstić information content (AvgIpc) is 2.46. The van der Waals surface area contributed by atoms with E-state index in [9.17, 15) is 0 Å². The minimum Gasteiger partial charge on any atom is -0.266 e. The summed E-state index contributed by atoms with van der Waals surface area (Å²) in [4.78, 5) is 4.62. The Balaban J connectivity index is 4.57. The van der Waals surface area contributed by atoms with Gasteiger partial charge < -0.3 is 0 Å². The Morgan fingerprint density at radius 2 is 1.50 bits per heavy atom. The molecule has 1 unspecified atom stereocenters. The maximum absolute atomic E-state index is 4.62. The fourth-order valence-electron chi connectivity index (χ4n) is 2.53. The Morgan fingerprint density at radius 3 is 2.05 bits per heavy atom. The molecule has 0 aromatic rings. The highest BCUT2D eigenvalue weighted by Gasteiger charge is 2.12. The molecule has 0 saturated carbocycles. The van der Waals surface area contributed by atoms with Gasteiger partial charge in [-0.25, -0.2) is 0 Å². The molecule has 116 valence electrons. The smallest absolute Gasteiger partial charge is 0.0430 e. The lowest BCUT2D eigenvalue weighted by atomic mass is 9.91. The summed E-state index contributed by atoms with van der Waals surface area (Å²) in [6, 6.07) is 0. The predicted molar refractivity (Wildman–Crippen MR) is 93.5 cm³/mol. The summed E-state index contributed by atoms with van der Waals surface area (Å²) in [5.74, 6) is 0.644. The van der Waals surface area contributed by atoms with Gasteiger partial charge in [-0.2, -0.15) is 0 Å². The van der Waals surface area contributed by atoms with Crippen LogP contribution < -0.4 is 0 Å². The van der Waals surface area contributed by atoms with Crippen LogP contribution in [0.5, 0.6) is 0 Å². The first-order valence-electron chi connectivity index (χ1n) is 8.61. The van der Waals surface area contributed by atoms with Crippen molar-refractivity contribution in [1.29, 1.82) is 0 Å². The predicted octanol–water partition coefficient (Wildman–Crippen LogP) is 6.70. The van der Waals surface area contributed by atoms with Gasteiger partial charge in [0.05, 0.1) is 0 Å². The molecule has 0 N–H and O–H groups in total. The molecule has 0 rings (SSSR count).